The van der Waals surface area contributed by atoms with Crippen LogP contribution in [-0.2, 0) is 9.53 Å². The summed E-state index contributed by atoms with van der Waals surface area (Å²) in [6.45, 7) is 9.52. The van der Waals surface area contributed by atoms with Crippen LogP contribution in [0.1, 0.15) is 47.0 Å². The first-order valence-corrected chi connectivity index (χ1v) is 8.22. The largest absolute Gasteiger partial charge is 0.375 e. The quantitative estimate of drug-likeness (QED) is 0.825. The number of nitrogens with one attached hydrogen (secondary N) is 1. The molecule has 6 nitrogen and oxygen atoms in total. The number of nitrogens with zero attached hydrogens (tertiary/aromatic N) is 1. The summed E-state index contributed by atoms with van der Waals surface area (Å²) in [6, 6.07) is 0.0987. The summed E-state index contributed by atoms with van der Waals surface area (Å²) in [4.78, 5) is 25.3. The van der Waals surface area contributed by atoms with Crippen LogP contribution < -0.4 is 11.1 Å². The molecule has 0 radical (unpaired) electrons. The van der Waals surface area contributed by atoms with Crippen molar-refractivity contribution in [2.75, 3.05) is 13.1 Å². The fraction of sp³-hybridized carbons (Fsp3) is 0.875. The Bertz CT molecular complexity index is 428. The van der Waals surface area contributed by atoms with Crippen LogP contribution in [0, 0.1) is 11.3 Å². The number of amides is 3. The van der Waals surface area contributed by atoms with Crippen molar-refractivity contribution < 1.29 is 14.3 Å². The van der Waals surface area contributed by atoms with E-state index in [0.717, 1.165) is 6.42 Å². The van der Waals surface area contributed by atoms with Gasteiger partial charge < -0.3 is 20.7 Å². The van der Waals surface area contributed by atoms with Gasteiger partial charge >= 0.3 is 6.03 Å². The Labute approximate surface area is 132 Å². The summed E-state index contributed by atoms with van der Waals surface area (Å²) in [5, 5.41) is 3.11. The summed E-state index contributed by atoms with van der Waals surface area (Å²) in [6.07, 6.45) is 2.58. The van der Waals surface area contributed by atoms with Crippen molar-refractivity contribution in [3.63, 3.8) is 0 Å². The standard InChI is InChI=1S/C16H29N3O3/c1-10(2)22-13-9-12(16(13,3)4)18-15(21)19-7-5-11(6-8-19)14(17)20/h10-13H,5-9H2,1-4H3,(H2,17,20)(H,18,21)/t12-,13-/m0/s1. The minimum absolute atomic E-state index is 0.0380. The molecular formula is C16H29N3O3. The van der Waals surface area contributed by atoms with Crippen LogP contribution in [0.3, 0.4) is 0 Å². The number of ether oxygens (including phenoxy) is 1. The van der Waals surface area contributed by atoms with E-state index in [1.54, 1.807) is 4.90 Å². The van der Waals surface area contributed by atoms with Crippen LogP contribution >= 0.6 is 0 Å². The van der Waals surface area contributed by atoms with Crippen molar-refractivity contribution in [2.24, 2.45) is 17.1 Å². The Morgan fingerprint density at radius 1 is 1.27 bits per heavy atom. The van der Waals surface area contributed by atoms with E-state index in [9.17, 15) is 9.59 Å². The van der Waals surface area contributed by atoms with E-state index in [1.807, 2.05) is 13.8 Å². The maximum absolute atomic E-state index is 12.4. The third kappa shape index (κ3) is 3.54. The number of nitrogens with two attached hydrogens (primary N) is 1. The highest BCUT2D eigenvalue weighted by Crippen LogP contribution is 2.43. The van der Waals surface area contributed by atoms with E-state index in [-0.39, 0.29) is 41.5 Å². The van der Waals surface area contributed by atoms with Gasteiger partial charge in [0.25, 0.3) is 0 Å². The number of hydrogen-bond donors (Lipinski definition) is 2. The van der Waals surface area contributed by atoms with E-state index < -0.39 is 0 Å². The fourth-order valence-electron chi connectivity index (χ4n) is 3.30. The van der Waals surface area contributed by atoms with Gasteiger partial charge in [0.05, 0.1) is 12.2 Å². The Balaban J connectivity index is 1.80. The van der Waals surface area contributed by atoms with Crippen molar-refractivity contribution in [3.8, 4) is 0 Å². The monoisotopic (exact) mass is 311 g/mol. The lowest BCUT2D eigenvalue weighted by Crippen LogP contribution is -2.64. The average Bonchev–Trinajstić information content (AvgIpc) is 2.45. The molecule has 3 N–H and O–H groups in total. The van der Waals surface area contributed by atoms with Crippen molar-refractivity contribution in [1.29, 1.82) is 0 Å². The van der Waals surface area contributed by atoms with Crippen LogP contribution in [-0.4, -0.2) is 48.2 Å². The first-order valence-electron chi connectivity index (χ1n) is 8.22. The molecule has 0 aromatic carbocycles. The van der Waals surface area contributed by atoms with Gasteiger partial charge in [0.1, 0.15) is 0 Å². The number of carbonyl (C=O) groups excluding carboxylic acids is 2. The van der Waals surface area contributed by atoms with Crippen LogP contribution in [0.5, 0.6) is 0 Å². The van der Waals surface area contributed by atoms with Crippen LogP contribution in [0.25, 0.3) is 0 Å². The number of rotatable bonds is 4. The highest BCUT2D eigenvalue weighted by Gasteiger charge is 2.50. The Kier molecular flexibility index (Phi) is 5.00. The molecule has 1 heterocycles. The SMILES string of the molecule is CC(C)O[C@H]1C[C@H](NC(=O)N2CCC(C(N)=O)CC2)C1(C)C. The number of urea groups is 1. The second kappa shape index (κ2) is 6.44. The van der Waals surface area contributed by atoms with Gasteiger partial charge in [0.2, 0.25) is 5.91 Å². The molecule has 3 amide bonds. The van der Waals surface area contributed by atoms with Crippen LogP contribution in [0.15, 0.2) is 0 Å². The van der Waals surface area contributed by atoms with Gasteiger partial charge in [0.15, 0.2) is 0 Å². The lowest BCUT2D eigenvalue weighted by molar-refractivity contribution is -0.136. The number of hydrogen-bond acceptors (Lipinski definition) is 3. The van der Waals surface area contributed by atoms with E-state index in [4.69, 9.17) is 10.5 Å². The molecule has 0 bridgehead atoms. The molecule has 22 heavy (non-hydrogen) atoms. The maximum Gasteiger partial charge on any atom is 0.317 e. The molecule has 2 rings (SSSR count). The Morgan fingerprint density at radius 2 is 1.86 bits per heavy atom. The number of likely N-dealkylation sites (tertiary alicyclic amines) is 1. The first kappa shape index (κ1) is 17.1. The van der Waals surface area contributed by atoms with E-state index in [0.29, 0.717) is 25.9 Å². The third-order valence-electron chi connectivity index (χ3n) is 5.10. The molecule has 0 aromatic heterocycles. The van der Waals surface area contributed by atoms with Gasteiger partial charge in [-0.2, -0.15) is 0 Å². The molecular weight excluding hydrogens is 282 g/mol. The molecule has 2 atom stereocenters. The second-order valence-electron chi connectivity index (χ2n) is 7.40. The lowest BCUT2D eigenvalue weighted by atomic mass is 9.64. The van der Waals surface area contributed by atoms with Crippen molar-refractivity contribution >= 4 is 11.9 Å². The number of carbonyl (C=O) groups is 2. The molecule has 6 heteroatoms. The summed E-state index contributed by atoms with van der Waals surface area (Å²) in [5.74, 6) is -0.345. The number of primary amides is 1. The molecule has 1 aliphatic carbocycles. The van der Waals surface area contributed by atoms with Gasteiger partial charge in [-0.05, 0) is 33.1 Å². The van der Waals surface area contributed by atoms with Crippen LogP contribution in [0.2, 0.25) is 0 Å². The highest BCUT2D eigenvalue weighted by atomic mass is 16.5. The van der Waals surface area contributed by atoms with E-state index in [1.165, 1.54) is 0 Å². The zero-order chi connectivity index (χ0) is 16.5. The molecule has 1 saturated heterocycles. The first-order chi connectivity index (χ1) is 10.2. The topological polar surface area (TPSA) is 84.7 Å². The maximum atomic E-state index is 12.4. The van der Waals surface area contributed by atoms with Crippen molar-refractivity contribution in [3.05, 3.63) is 0 Å². The zero-order valence-electron chi connectivity index (χ0n) is 14.1. The van der Waals surface area contributed by atoms with Crippen molar-refractivity contribution in [2.45, 2.75) is 65.2 Å². The van der Waals surface area contributed by atoms with Crippen LogP contribution in [0.4, 0.5) is 4.79 Å². The highest BCUT2D eigenvalue weighted by molar-refractivity contribution is 5.78. The third-order valence-corrected chi connectivity index (χ3v) is 5.10. The van der Waals surface area contributed by atoms with E-state index >= 15 is 0 Å². The predicted molar refractivity (Wildman–Crippen MR) is 84.2 cm³/mol. The summed E-state index contributed by atoms with van der Waals surface area (Å²) < 4.78 is 5.88. The Hall–Kier alpha value is -1.30. The second-order valence-corrected chi connectivity index (χ2v) is 7.40. The zero-order valence-corrected chi connectivity index (χ0v) is 14.1. The molecule has 0 unspecified atom stereocenters. The normalized spacial score (nSPS) is 28.3. The Morgan fingerprint density at radius 3 is 2.32 bits per heavy atom. The minimum atomic E-state index is -0.256. The molecule has 0 aromatic rings. The van der Waals surface area contributed by atoms with Gasteiger partial charge in [0, 0.05) is 30.5 Å². The molecule has 126 valence electrons. The minimum Gasteiger partial charge on any atom is -0.375 e. The predicted octanol–water partition coefficient (Wildman–Crippen LogP) is 1.49. The molecule has 1 aliphatic heterocycles. The molecule has 1 saturated carbocycles. The molecule has 0 spiro atoms. The fourth-order valence-corrected chi connectivity index (χ4v) is 3.30. The summed E-state index contributed by atoms with van der Waals surface area (Å²) in [7, 11) is 0. The smallest absolute Gasteiger partial charge is 0.317 e. The number of piperidine rings is 1. The lowest BCUT2D eigenvalue weighted by Gasteiger charge is -2.52. The molecule has 2 aliphatic rings. The van der Waals surface area contributed by atoms with Gasteiger partial charge in [-0.3, -0.25) is 4.79 Å². The van der Waals surface area contributed by atoms with E-state index in [2.05, 4.69) is 19.2 Å². The van der Waals surface area contributed by atoms with Gasteiger partial charge in [-0.25, -0.2) is 4.79 Å². The van der Waals surface area contributed by atoms with Gasteiger partial charge in [-0.1, -0.05) is 13.8 Å². The van der Waals surface area contributed by atoms with Crippen molar-refractivity contribution in [1.82, 2.24) is 10.2 Å². The van der Waals surface area contributed by atoms with Gasteiger partial charge in [-0.15, -0.1) is 0 Å². The molecule has 2 fully saturated rings. The average molecular weight is 311 g/mol. The summed E-state index contributed by atoms with van der Waals surface area (Å²) in [5.41, 5.74) is 5.27. The summed E-state index contributed by atoms with van der Waals surface area (Å²) >= 11 is 0.